The summed E-state index contributed by atoms with van der Waals surface area (Å²) < 4.78 is 38.4. The molecule has 1 aromatic heterocycles. The van der Waals surface area contributed by atoms with Gasteiger partial charge in [-0.15, -0.1) is 0 Å². The van der Waals surface area contributed by atoms with Crippen molar-refractivity contribution in [1.82, 2.24) is 15.2 Å². The third-order valence-electron chi connectivity index (χ3n) is 6.22. The molecule has 4 rings (SSSR count). The molecular weight excluding hydrogens is 463 g/mol. The van der Waals surface area contributed by atoms with E-state index in [4.69, 9.17) is 5.73 Å². The van der Waals surface area contributed by atoms with Crippen molar-refractivity contribution in [3.8, 4) is 0 Å². The minimum Gasteiger partial charge on any atom is -0.355 e. The summed E-state index contributed by atoms with van der Waals surface area (Å²) in [6, 6.07) is 7.01. The standard InChI is InChI=1S/C24H28F3N5OS/c1-14(15-6-8-18(9-7-15)24(25,26)27)19(28)12-30-23-32(2)13-20(34-23)17-10-16-4-3-5-21(33)31-22(16)29-11-17/h6-11,13-14,19,23,30H,3-5,12,28H2,1-2H3,(H,29,31,33). The number of carbonyl (C=O) groups is 1. The predicted octanol–water partition coefficient (Wildman–Crippen LogP) is 4.36. The van der Waals surface area contributed by atoms with E-state index in [-0.39, 0.29) is 23.4 Å². The number of nitrogens with zero attached hydrogens (tertiary/aromatic N) is 2. The Labute approximate surface area is 201 Å². The summed E-state index contributed by atoms with van der Waals surface area (Å²) >= 11 is 1.65. The fourth-order valence-corrected chi connectivity index (χ4v) is 5.16. The summed E-state index contributed by atoms with van der Waals surface area (Å²) in [5.41, 5.74) is 8.49. The second-order valence-electron chi connectivity index (χ2n) is 8.74. The van der Waals surface area contributed by atoms with E-state index >= 15 is 0 Å². The van der Waals surface area contributed by atoms with Crippen molar-refractivity contribution >= 4 is 28.4 Å². The van der Waals surface area contributed by atoms with Crippen molar-refractivity contribution in [2.24, 2.45) is 5.73 Å². The summed E-state index contributed by atoms with van der Waals surface area (Å²) in [4.78, 5) is 19.3. The zero-order chi connectivity index (χ0) is 24.5. The van der Waals surface area contributed by atoms with Crippen LogP contribution in [0.25, 0.3) is 4.91 Å². The number of nitrogens with two attached hydrogens (primary N) is 1. The molecule has 1 aromatic carbocycles. The van der Waals surface area contributed by atoms with Gasteiger partial charge < -0.3 is 16.0 Å². The van der Waals surface area contributed by atoms with Crippen LogP contribution in [-0.2, 0) is 17.4 Å². The Bertz CT molecular complexity index is 1070. The van der Waals surface area contributed by atoms with E-state index in [0.29, 0.717) is 18.8 Å². The van der Waals surface area contributed by atoms with E-state index in [1.165, 1.54) is 12.1 Å². The van der Waals surface area contributed by atoms with Gasteiger partial charge in [-0.3, -0.25) is 10.1 Å². The number of amides is 1. The Balaban J connectivity index is 1.34. The van der Waals surface area contributed by atoms with Crippen LogP contribution in [0.1, 0.15) is 47.9 Å². The Morgan fingerprint density at radius 1 is 1.29 bits per heavy atom. The minimum absolute atomic E-state index is 0.000633. The molecule has 2 aromatic rings. The first-order chi connectivity index (χ1) is 16.1. The second-order valence-corrected chi connectivity index (χ2v) is 9.87. The number of carbonyl (C=O) groups excluding carboxylic acids is 1. The molecule has 0 saturated carbocycles. The number of alkyl halides is 3. The fraction of sp³-hybridized carbons (Fsp3) is 0.417. The number of thioether (sulfide) groups is 1. The highest BCUT2D eigenvalue weighted by atomic mass is 32.2. The lowest BCUT2D eigenvalue weighted by molar-refractivity contribution is -0.137. The third-order valence-corrected chi connectivity index (χ3v) is 7.54. The van der Waals surface area contributed by atoms with Gasteiger partial charge in [0.1, 0.15) is 11.3 Å². The van der Waals surface area contributed by atoms with Gasteiger partial charge in [-0.05, 0) is 48.1 Å². The summed E-state index contributed by atoms with van der Waals surface area (Å²) in [6.45, 7) is 2.42. The number of anilines is 1. The molecule has 0 fully saturated rings. The molecule has 3 unspecified atom stereocenters. The number of fused-ring (bicyclic) bond motifs is 1. The molecule has 3 atom stereocenters. The van der Waals surface area contributed by atoms with Crippen molar-refractivity contribution in [3.63, 3.8) is 0 Å². The van der Waals surface area contributed by atoms with E-state index < -0.39 is 11.7 Å². The molecule has 1 amide bonds. The third kappa shape index (κ3) is 5.56. The number of benzene rings is 1. The monoisotopic (exact) mass is 491 g/mol. The molecule has 3 heterocycles. The van der Waals surface area contributed by atoms with Crippen LogP contribution in [0, 0.1) is 0 Å². The summed E-state index contributed by atoms with van der Waals surface area (Å²) in [5.74, 6) is 0.531. The molecular formula is C24H28F3N5OS. The van der Waals surface area contributed by atoms with E-state index in [9.17, 15) is 18.0 Å². The van der Waals surface area contributed by atoms with Gasteiger partial charge in [0.2, 0.25) is 5.91 Å². The van der Waals surface area contributed by atoms with Crippen LogP contribution in [0.3, 0.4) is 0 Å². The molecule has 4 N–H and O–H groups in total. The Morgan fingerprint density at radius 2 is 2.03 bits per heavy atom. The molecule has 0 bridgehead atoms. The number of rotatable bonds is 6. The fourth-order valence-electron chi connectivity index (χ4n) is 4.03. The molecule has 0 saturated heterocycles. The normalized spacial score (nSPS) is 20.3. The van der Waals surface area contributed by atoms with Crippen LogP contribution in [0.4, 0.5) is 19.0 Å². The topological polar surface area (TPSA) is 83.3 Å². The molecule has 2 aliphatic heterocycles. The molecule has 0 radical (unpaired) electrons. The van der Waals surface area contributed by atoms with Gasteiger partial charge in [0.25, 0.3) is 0 Å². The first-order valence-corrected chi connectivity index (χ1v) is 12.1. The second kappa shape index (κ2) is 9.97. The lowest BCUT2D eigenvalue weighted by Gasteiger charge is -2.26. The van der Waals surface area contributed by atoms with Crippen molar-refractivity contribution in [1.29, 1.82) is 0 Å². The number of hydrogen-bond acceptors (Lipinski definition) is 6. The maximum absolute atomic E-state index is 12.8. The van der Waals surface area contributed by atoms with Gasteiger partial charge in [0, 0.05) is 48.9 Å². The minimum atomic E-state index is -4.35. The lowest BCUT2D eigenvalue weighted by atomic mass is 9.93. The van der Waals surface area contributed by atoms with Crippen molar-refractivity contribution in [2.45, 2.75) is 49.8 Å². The van der Waals surface area contributed by atoms with Crippen LogP contribution in [0.5, 0.6) is 0 Å². The van der Waals surface area contributed by atoms with Gasteiger partial charge in [-0.25, -0.2) is 4.98 Å². The number of hydrogen-bond donors (Lipinski definition) is 3. The average molecular weight is 492 g/mol. The summed E-state index contributed by atoms with van der Waals surface area (Å²) in [6.07, 6.45) is 1.59. The van der Waals surface area contributed by atoms with Crippen molar-refractivity contribution in [3.05, 3.63) is 65.0 Å². The molecule has 2 aliphatic rings. The molecule has 182 valence electrons. The number of halogens is 3. The number of pyridine rings is 1. The van der Waals surface area contributed by atoms with Gasteiger partial charge >= 0.3 is 6.18 Å². The van der Waals surface area contributed by atoms with Crippen LogP contribution in [-0.4, -0.2) is 40.9 Å². The smallest absolute Gasteiger partial charge is 0.355 e. The largest absolute Gasteiger partial charge is 0.416 e. The van der Waals surface area contributed by atoms with Crippen LogP contribution in [0.15, 0.2) is 42.7 Å². The highest BCUT2D eigenvalue weighted by Gasteiger charge is 2.30. The Hall–Kier alpha value is -2.56. The molecule has 6 nitrogen and oxygen atoms in total. The van der Waals surface area contributed by atoms with E-state index in [1.807, 2.05) is 20.2 Å². The van der Waals surface area contributed by atoms with Gasteiger partial charge in [-0.2, -0.15) is 13.2 Å². The Kier molecular flexibility index (Phi) is 7.20. The molecule has 10 heteroatoms. The zero-order valence-electron chi connectivity index (χ0n) is 19.0. The molecule has 0 aliphatic carbocycles. The predicted molar refractivity (Wildman–Crippen MR) is 129 cm³/mol. The maximum Gasteiger partial charge on any atom is 0.416 e. The van der Waals surface area contributed by atoms with E-state index in [2.05, 4.69) is 26.6 Å². The van der Waals surface area contributed by atoms with Crippen LogP contribution < -0.4 is 16.4 Å². The average Bonchev–Trinajstić information content (AvgIpc) is 3.06. The van der Waals surface area contributed by atoms with E-state index in [1.54, 1.807) is 18.0 Å². The summed E-state index contributed by atoms with van der Waals surface area (Å²) in [7, 11) is 1.97. The quantitative estimate of drug-likeness (QED) is 0.557. The highest BCUT2D eigenvalue weighted by Crippen LogP contribution is 2.38. The number of nitrogens with one attached hydrogen (secondary N) is 2. The first kappa shape index (κ1) is 24.6. The van der Waals surface area contributed by atoms with Gasteiger partial charge in [0.05, 0.1) is 5.56 Å². The summed E-state index contributed by atoms with van der Waals surface area (Å²) in [5, 5.41) is 6.31. The first-order valence-electron chi connectivity index (χ1n) is 11.2. The maximum atomic E-state index is 12.8. The van der Waals surface area contributed by atoms with Gasteiger partial charge in [-0.1, -0.05) is 30.8 Å². The van der Waals surface area contributed by atoms with Crippen LogP contribution in [0.2, 0.25) is 0 Å². The van der Waals surface area contributed by atoms with Crippen molar-refractivity contribution in [2.75, 3.05) is 18.9 Å². The van der Waals surface area contributed by atoms with Gasteiger partial charge in [0.15, 0.2) is 0 Å². The highest BCUT2D eigenvalue weighted by molar-refractivity contribution is 8.09. The SMILES string of the molecule is CC(c1ccc(C(F)(F)F)cc1)C(N)CNC1SC(c2cnc3c(c2)CCCC(=O)N3)=CN1C. The van der Waals surface area contributed by atoms with Crippen LogP contribution >= 0.6 is 11.8 Å². The zero-order valence-corrected chi connectivity index (χ0v) is 19.8. The van der Waals surface area contributed by atoms with Crippen molar-refractivity contribution < 1.29 is 18.0 Å². The molecule has 34 heavy (non-hydrogen) atoms. The number of aromatic nitrogens is 1. The lowest BCUT2D eigenvalue weighted by Crippen LogP contribution is -2.44. The Morgan fingerprint density at radius 3 is 2.74 bits per heavy atom. The van der Waals surface area contributed by atoms with E-state index in [0.717, 1.165) is 46.6 Å². The number of aryl methyl sites for hydroxylation is 1. The molecule has 0 spiro atoms.